The number of phenols is 1. The molecule has 0 fully saturated rings. The van der Waals surface area contributed by atoms with E-state index in [2.05, 4.69) is 0 Å². The Bertz CT molecular complexity index is 610. The molecule has 2 rings (SSSR count). The third-order valence-electron chi connectivity index (χ3n) is 3.23. The van der Waals surface area contributed by atoms with Crippen LogP contribution < -0.4 is 0 Å². The molecule has 1 aromatic carbocycles. The van der Waals surface area contributed by atoms with E-state index in [-0.39, 0.29) is 12.2 Å². The number of benzene rings is 1. The fraction of sp³-hybridized carbons (Fsp3) is 0.267. The maximum atomic E-state index is 12.5. The molecule has 2 N–H and O–H groups in total. The predicted molar refractivity (Wildman–Crippen MR) is 70.7 cm³/mol. The van der Waals surface area contributed by atoms with Crippen LogP contribution in [0.15, 0.2) is 41.2 Å². The van der Waals surface area contributed by atoms with E-state index in [1.807, 2.05) is 0 Å². The minimum atomic E-state index is -4.98. The average Bonchev–Trinajstić information content (AvgIpc) is 2.42. The lowest BCUT2D eigenvalue weighted by Crippen LogP contribution is -2.27. The molecule has 1 aliphatic carbocycles. The highest BCUT2D eigenvalue weighted by atomic mass is 19.4. The normalized spacial score (nSPS) is 18.1. The number of ketones is 1. The van der Waals surface area contributed by atoms with Gasteiger partial charge in [0, 0.05) is 5.57 Å². The first-order valence-corrected chi connectivity index (χ1v) is 6.32. The number of hydrogen-bond acceptors (Lipinski definition) is 3. The Morgan fingerprint density at radius 2 is 1.71 bits per heavy atom. The fourth-order valence-electron chi connectivity index (χ4n) is 2.19. The van der Waals surface area contributed by atoms with Gasteiger partial charge in [-0.25, -0.2) is 0 Å². The van der Waals surface area contributed by atoms with Gasteiger partial charge in [-0.05, 0) is 48.6 Å². The minimum Gasteiger partial charge on any atom is -0.508 e. The zero-order valence-corrected chi connectivity index (χ0v) is 10.9. The molecule has 112 valence electrons. The molecular weight excluding hydrogens is 285 g/mol. The number of rotatable bonds is 2. The molecule has 0 aliphatic heterocycles. The van der Waals surface area contributed by atoms with Gasteiger partial charge in [-0.15, -0.1) is 0 Å². The van der Waals surface area contributed by atoms with Crippen molar-refractivity contribution in [3.8, 4) is 5.75 Å². The standard InChI is InChI=1S/C15H13F3O3/c16-15(17,18)14(21)12-3-1-2-10(13(12)20)8-9-4-6-11(19)7-5-9/h4-8,19-20H,1-3H2/b10-8-. The number of aliphatic hydroxyl groups excluding tert-OH is 1. The third-order valence-corrected chi connectivity index (χ3v) is 3.23. The van der Waals surface area contributed by atoms with E-state index in [1.165, 1.54) is 18.2 Å². The predicted octanol–water partition coefficient (Wildman–Crippen LogP) is 3.90. The van der Waals surface area contributed by atoms with Gasteiger partial charge in [-0.2, -0.15) is 13.2 Å². The van der Waals surface area contributed by atoms with Gasteiger partial charge in [0.1, 0.15) is 11.5 Å². The molecule has 21 heavy (non-hydrogen) atoms. The first kappa shape index (κ1) is 15.2. The number of carbonyl (C=O) groups excluding carboxylic acids is 1. The Labute approximate surface area is 119 Å². The Morgan fingerprint density at radius 3 is 2.29 bits per heavy atom. The average molecular weight is 298 g/mol. The monoisotopic (exact) mass is 298 g/mol. The topological polar surface area (TPSA) is 57.5 Å². The van der Waals surface area contributed by atoms with Crippen LogP contribution in [0.2, 0.25) is 0 Å². The van der Waals surface area contributed by atoms with Crippen LogP contribution in [0.1, 0.15) is 24.8 Å². The summed E-state index contributed by atoms with van der Waals surface area (Å²) in [5.74, 6) is -2.51. The van der Waals surface area contributed by atoms with Crippen LogP contribution in [0.25, 0.3) is 6.08 Å². The van der Waals surface area contributed by atoms with Crippen molar-refractivity contribution in [1.29, 1.82) is 0 Å². The van der Waals surface area contributed by atoms with Gasteiger partial charge in [0.15, 0.2) is 0 Å². The zero-order chi connectivity index (χ0) is 15.6. The van der Waals surface area contributed by atoms with Crippen LogP contribution in [0.4, 0.5) is 13.2 Å². The van der Waals surface area contributed by atoms with Gasteiger partial charge in [0.25, 0.3) is 5.78 Å². The Balaban J connectivity index is 2.37. The first-order valence-electron chi connectivity index (χ1n) is 6.32. The van der Waals surface area contributed by atoms with Crippen LogP contribution >= 0.6 is 0 Å². The van der Waals surface area contributed by atoms with E-state index in [9.17, 15) is 23.1 Å². The van der Waals surface area contributed by atoms with Crippen LogP contribution in [0, 0.1) is 0 Å². The van der Waals surface area contributed by atoms with Gasteiger partial charge in [0.2, 0.25) is 0 Å². The highest BCUT2D eigenvalue weighted by molar-refractivity contribution is 6.00. The van der Waals surface area contributed by atoms with Crippen molar-refractivity contribution in [2.75, 3.05) is 0 Å². The van der Waals surface area contributed by atoms with Crippen molar-refractivity contribution in [3.63, 3.8) is 0 Å². The largest absolute Gasteiger partial charge is 0.508 e. The second-order valence-corrected chi connectivity index (χ2v) is 4.77. The smallest absolute Gasteiger partial charge is 0.454 e. The van der Waals surface area contributed by atoms with Crippen molar-refractivity contribution < 1.29 is 28.2 Å². The molecule has 6 heteroatoms. The van der Waals surface area contributed by atoms with Crippen molar-refractivity contribution in [1.82, 2.24) is 0 Å². The number of hydrogen-bond donors (Lipinski definition) is 2. The molecule has 0 atom stereocenters. The summed E-state index contributed by atoms with van der Waals surface area (Å²) in [6, 6.07) is 5.99. The lowest BCUT2D eigenvalue weighted by Gasteiger charge is -2.19. The van der Waals surface area contributed by atoms with Crippen LogP contribution in [-0.4, -0.2) is 22.2 Å². The first-order chi connectivity index (χ1) is 9.79. The van der Waals surface area contributed by atoms with Crippen LogP contribution in [-0.2, 0) is 4.79 Å². The number of alkyl halides is 3. The van der Waals surface area contributed by atoms with E-state index in [0.717, 1.165) is 0 Å². The molecule has 0 spiro atoms. The summed E-state index contributed by atoms with van der Waals surface area (Å²) in [7, 11) is 0. The van der Waals surface area contributed by atoms with Crippen LogP contribution in [0.3, 0.4) is 0 Å². The molecule has 0 saturated carbocycles. The van der Waals surface area contributed by atoms with Gasteiger partial charge in [-0.1, -0.05) is 12.1 Å². The maximum absolute atomic E-state index is 12.5. The van der Waals surface area contributed by atoms with Gasteiger partial charge >= 0.3 is 6.18 Å². The summed E-state index contributed by atoms with van der Waals surface area (Å²) in [6.45, 7) is 0. The zero-order valence-electron chi connectivity index (χ0n) is 10.9. The van der Waals surface area contributed by atoms with E-state index >= 15 is 0 Å². The molecule has 1 aromatic rings. The number of aliphatic hydroxyl groups is 1. The minimum absolute atomic E-state index is 0.0634. The number of allylic oxidation sites excluding steroid dienone is 2. The SMILES string of the molecule is O=C(C1=C(O)/C(=C\c2ccc(O)cc2)CCC1)C(F)(F)F. The maximum Gasteiger partial charge on any atom is 0.454 e. The van der Waals surface area contributed by atoms with E-state index in [0.29, 0.717) is 24.0 Å². The third kappa shape index (κ3) is 3.45. The second kappa shape index (κ2) is 5.63. The summed E-state index contributed by atoms with van der Waals surface area (Å²) in [4.78, 5) is 11.3. The van der Waals surface area contributed by atoms with E-state index in [1.54, 1.807) is 12.1 Å². The summed E-state index contributed by atoms with van der Waals surface area (Å²) in [5.41, 5.74) is 0.327. The Hall–Kier alpha value is -2.24. The number of carbonyl (C=O) groups is 1. The van der Waals surface area contributed by atoms with Gasteiger partial charge in [-0.3, -0.25) is 4.79 Å². The van der Waals surface area contributed by atoms with Gasteiger partial charge < -0.3 is 10.2 Å². The Morgan fingerprint density at radius 1 is 1.10 bits per heavy atom. The van der Waals surface area contributed by atoms with Crippen LogP contribution in [0.5, 0.6) is 5.75 Å². The van der Waals surface area contributed by atoms with Gasteiger partial charge in [0.05, 0.1) is 0 Å². The summed E-state index contributed by atoms with van der Waals surface area (Å²) in [6.07, 6.45) is -2.80. The molecule has 0 unspecified atom stereocenters. The summed E-state index contributed by atoms with van der Waals surface area (Å²) in [5, 5.41) is 19.1. The molecule has 3 nitrogen and oxygen atoms in total. The lowest BCUT2D eigenvalue weighted by molar-refractivity contribution is -0.167. The molecule has 0 aromatic heterocycles. The summed E-state index contributed by atoms with van der Waals surface area (Å²) >= 11 is 0. The molecule has 1 aliphatic rings. The van der Waals surface area contributed by atoms with E-state index in [4.69, 9.17) is 5.11 Å². The molecule has 0 radical (unpaired) electrons. The second-order valence-electron chi connectivity index (χ2n) is 4.77. The van der Waals surface area contributed by atoms with E-state index < -0.39 is 23.3 Å². The van der Waals surface area contributed by atoms with Crippen molar-refractivity contribution in [2.24, 2.45) is 0 Å². The highest BCUT2D eigenvalue weighted by Crippen LogP contribution is 2.34. The van der Waals surface area contributed by atoms with Crippen molar-refractivity contribution >= 4 is 11.9 Å². The lowest BCUT2D eigenvalue weighted by atomic mass is 9.89. The quantitative estimate of drug-likeness (QED) is 0.870. The molecule has 0 heterocycles. The number of halogens is 3. The molecule has 0 saturated heterocycles. The van der Waals surface area contributed by atoms with Crippen molar-refractivity contribution in [2.45, 2.75) is 25.4 Å². The van der Waals surface area contributed by atoms with Crippen molar-refractivity contribution in [3.05, 3.63) is 46.7 Å². The molecular formula is C15H13F3O3. The number of Topliss-reactive ketones (excluding diaryl/α,β-unsaturated/α-hetero) is 1. The Kier molecular flexibility index (Phi) is 4.06. The number of phenolic OH excluding ortho intramolecular Hbond substituents is 1. The molecule has 0 amide bonds. The summed E-state index contributed by atoms with van der Waals surface area (Å²) < 4.78 is 37.4. The fourth-order valence-corrected chi connectivity index (χ4v) is 2.19. The molecule has 0 bridgehead atoms. The number of aromatic hydroxyl groups is 1. The highest BCUT2D eigenvalue weighted by Gasteiger charge is 2.42.